The molecule has 4 heteroatoms. The zero-order valence-corrected chi connectivity index (χ0v) is 12.1. The Labute approximate surface area is 108 Å². The zero-order valence-electron chi connectivity index (χ0n) is 11.3. The second kappa shape index (κ2) is 6.60. The quantitative estimate of drug-likeness (QED) is 0.563. The van der Waals surface area contributed by atoms with Crippen LogP contribution < -0.4 is 0 Å². The minimum Gasteiger partial charge on any atom is -0.456 e. The first-order chi connectivity index (χ1) is 7.79. The Morgan fingerprint density at radius 2 is 1.88 bits per heavy atom. The maximum atomic E-state index is 11.7. The van der Waals surface area contributed by atoms with E-state index in [1.165, 1.54) is 6.20 Å². The largest absolute Gasteiger partial charge is 0.456 e. The first-order valence-electron chi connectivity index (χ1n) is 5.65. The molecule has 0 aromatic carbocycles. The van der Waals surface area contributed by atoms with E-state index in [9.17, 15) is 4.79 Å². The van der Waals surface area contributed by atoms with Crippen molar-refractivity contribution in [2.75, 3.05) is 0 Å². The van der Waals surface area contributed by atoms with Crippen LogP contribution in [0, 0.1) is 6.92 Å². The first kappa shape index (κ1) is 15.9. The monoisotopic (exact) mass is 257 g/mol. The van der Waals surface area contributed by atoms with Gasteiger partial charge < -0.3 is 4.74 Å². The molecule has 1 aromatic rings. The van der Waals surface area contributed by atoms with Crippen LogP contribution in [-0.2, 0) is 4.74 Å². The van der Waals surface area contributed by atoms with Crippen molar-refractivity contribution in [1.29, 1.82) is 0 Å². The first-order valence-corrected chi connectivity index (χ1v) is 6.03. The van der Waals surface area contributed by atoms with Crippen molar-refractivity contribution in [1.82, 2.24) is 4.98 Å². The van der Waals surface area contributed by atoms with Crippen LogP contribution in [-0.4, -0.2) is 16.6 Å². The van der Waals surface area contributed by atoms with Crippen LogP contribution in [0.15, 0.2) is 12.3 Å². The summed E-state index contributed by atoms with van der Waals surface area (Å²) in [6, 6.07) is 1.64. The molecule has 1 heterocycles. The highest BCUT2D eigenvalue weighted by Crippen LogP contribution is 2.16. The maximum absolute atomic E-state index is 11.7. The molecule has 0 N–H and O–H groups in total. The molecule has 0 amide bonds. The number of esters is 1. The molecule has 0 atom stereocenters. The summed E-state index contributed by atoms with van der Waals surface area (Å²) in [5.74, 6) is -0.371. The summed E-state index contributed by atoms with van der Waals surface area (Å²) in [6.45, 7) is 11.3. The van der Waals surface area contributed by atoms with E-state index < -0.39 is 5.60 Å². The lowest BCUT2D eigenvalue weighted by atomic mass is 10.1. The molecule has 0 fully saturated rings. The van der Waals surface area contributed by atoms with Gasteiger partial charge in [-0.15, -0.1) is 0 Å². The molecule has 0 radical (unpaired) electrons. The van der Waals surface area contributed by atoms with E-state index in [2.05, 4.69) is 4.98 Å². The highest BCUT2D eigenvalue weighted by atomic mass is 35.5. The average molecular weight is 258 g/mol. The number of rotatable bonds is 1. The smallest absolute Gasteiger partial charge is 0.340 e. The number of halogens is 1. The Kier molecular flexibility index (Phi) is 6.18. The van der Waals surface area contributed by atoms with Gasteiger partial charge in [0.15, 0.2) is 0 Å². The predicted molar refractivity (Wildman–Crippen MR) is 70.5 cm³/mol. The van der Waals surface area contributed by atoms with Crippen molar-refractivity contribution in [2.24, 2.45) is 0 Å². The Morgan fingerprint density at radius 3 is 2.29 bits per heavy atom. The third kappa shape index (κ3) is 5.68. The number of hydrogen-bond donors (Lipinski definition) is 0. The van der Waals surface area contributed by atoms with Crippen molar-refractivity contribution in [3.63, 3.8) is 0 Å². The van der Waals surface area contributed by atoms with Gasteiger partial charge in [-0.2, -0.15) is 0 Å². The van der Waals surface area contributed by atoms with Gasteiger partial charge in [0, 0.05) is 6.20 Å². The number of carbonyl (C=O) groups excluding carboxylic acids is 1. The zero-order chi connectivity index (χ0) is 13.6. The molecule has 0 aliphatic heterocycles. The topological polar surface area (TPSA) is 39.2 Å². The van der Waals surface area contributed by atoms with Gasteiger partial charge >= 0.3 is 5.97 Å². The molecule has 0 saturated heterocycles. The molecule has 1 aromatic heterocycles. The van der Waals surface area contributed by atoms with E-state index in [0.29, 0.717) is 10.7 Å². The van der Waals surface area contributed by atoms with Crippen molar-refractivity contribution < 1.29 is 9.53 Å². The van der Waals surface area contributed by atoms with Gasteiger partial charge in [-0.05, 0) is 39.3 Å². The van der Waals surface area contributed by atoms with E-state index in [1.54, 1.807) is 13.0 Å². The second-order valence-corrected chi connectivity index (χ2v) is 4.71. The summed E-state index contributed by atoms with van der Waals surface area (Å²) in [4.78, 5) is 15.5. The molecule has 96 valence electrons. The molecule has 17 heavy (non-hydrogen) atoms. The van der Waals surface area contributed by atoms with Gasteiger partial charge in [0.1, 0.15) is 10.8 Å². The molecule has 0 aliphatic carbocycles. The summed E-state index contributed by atoms with van der Waals surface area (Å²) in [5.41, 5.74) is 0.724. The lowest BCUT2D eigenvalue weighted by Crippen LogP contribution is -2.24. The highest BCUT2D eigenvalue weighted by Gasteiger charge is 2.19. The van der Waals surface area contributed by atoms with Crippen LogP contribution in [0.3, 0.4) is 0 Å². The van der Waals surface area contributed by atoms with Crippen molar-refractivity contribution >= 4 is 17.6 Å². The number of carbonyl (C=O) groups is 1. The summed E-state index contributed by atoms with van der Waals surface area (Å²) in [5, 5.41) is 0.375. The van der Waals surface area contributed by atoms with E-state index >= 15 is 0 Å². The summed E-state index contributed by atoms with van der Waals surface area (Å²) in [7, 11) is 0. The van der Waals surface area contributed by atoms with E-state index in [1.807, 2.05) is 34.6 Å². The molecule has 3 nitrogen and oxygen atoms in total. The maximum Gasteiger partial charge on any atom is 0.340 e. The van der Waals surface area contributed by atoms with E-state index in [-0.39, 0.29) is 5.97 Å². The van der Waals surface area contributed by atoms with Crippen LogP contribution in [0.5, 0.6) is 0 Å². The fourth-order valence-electron chi connectivity index (χ4n) is 1.07. The Balaban J connectivity index is 0.00000121. The molecular weight excluding hydrogens is 238 g/mol. The predicted octanol–water partition coefficient (Wildman–Crippen LogP) is 4.02. The van der Waals surface area contributed by atoms with Crippen LogP contribution in [0.4, 0.5) is 0 Å². The molecule has 0 spiro atoms. The minimum atomic E-state index is -0.497. The Morgan fingerprint density at radius 1 is 1.35 bits per heavy atom. The molecular formula is C13H20ClNO2. The molecule has 1 rings (SSSR count). The number of nitrogens with zero attached hydrogens (tertiary/aromatic N) is 1. The third-order valence-electron chi connectivity index (χ3n) is 1.70. The van der Waals surface area contributed by atoms with Crippen LogP contribution >= 0.6 is 11.6 Å². The second-order valence-electron chi connectivity index (χ2n) is 4.32. The van der Waals surface area contributed by atoms with Gasteiger partial charge in [0.2, 0.25) is 0 Å². The fourth-order valence-corrected chi connectivity index (χ4v) is 1.28. The van der Waals surface area contributed by atoms with E-state index in [4.69, 9.17) is 16.3 Å². The van der Waals surface area contributed by atoms with Crippen molar-refractivity contribution in [2.45, 2.75) is 47.1 Å². The molecule has 0 unspecified atom stereocenters. The normalized spacial score (nSPS) is 10.3. The van der Waals surface area contributed by atoms with Crippen molar-refractivity contribution in [3.8, 4) is 0 Å². The number of aromatic nitrogens is 1. The van der Waals surface area contributed by atoms with Crippen molar-refractivity contribution in [3.05, 3.63) is 28.5 Å². The van der Waals surface area contributed by atoms with Crippen LogP contribution in [0.2, 0.25) is 5.15 Å². The molecule has 0 bridgehead atoms. The number of ether oxygens (including phenoxy) is 1. The lowest BCUT2D eigenvalue weighted by Gasteiger charge is -2.19. The molecule has 0 saturated carbocycles. The SMILES string of the molecule is CC.Cc1cc(Cl)ncc1C(=O)OC(C)(C)C. The summed E-state index contributed by atoms with van der Waals surface area (Å²) in [6.07, 6.45) is 1.44. The lowest BCUT2D eigenvalue weighted by molar-refractivity contribution is 0.00683. The number of pyridine rings is 1. The van der Waals surface area contributed by atoms with Gasteiger partial charge in [-0.25, -0.2) is 9.78 Å². The van der Waals surface area contributed by atoms with Gasteiger partial charge in [-0.3, -0.25) is 0 Å². The standard InChI is InChI=1S/C11H14ClNO2.C2H6/c1-7-5-9(12)13-6-8(7)10(14)15-11(2,3)4;1-2/h5-6H,1-4H3;1-2H3. The summed E-state index contributed by atoms with van der Waals surface area (Å²) >= 11 is 5.69. The summed E-state index contributed by atoms with van der Waals surface area (Å²) < 4.78 is 5.22. The number of aryl methyl sites for hydroxylation is 1. The van der Waals surface area contributed by atoms with E-state index in [0.717, 1.165) is 5.56 Å². The number of hydrogen-bond acceptors (Lipinski definition) is 3. The van der Waals surface area contributed by atoms with Gasteiger partial charge in [-0.1, -0.05) is 25.4 Å². The Bertz CT molecular complexity index is 383. The van der Waals surface area contributed by atoms with Gasteiger partial charge in [0.05, 0.1) is 5.56 Å². The van der Waals surface area contributed by atoms with Crippen LogP contribution in [0.1, 0.15) is 50.5 Å². The fraction of sp³-hybridized carbons (Fsp3) is 0.538. The van der Waals surface area contributed by atoms with Crippen LogP contribution in [0.25, 0.3) is 0 Å². The highest BCUT2D eigenvalue weighted by molar-refractivity contribution is 6.29. The minimum absolute atomic E-state index is 0.371. The van der Waals surface area contributed by atoms with Gasteiger partial charge in [0.25, 0.3) is 0 Å². The average Bonchev–Trinajstić information content (AvgIpc) is 2.17. The molecule has 0 aliphatic rings. The Hall–Kier alpha value is -1.09. The third-order valence-corrected chi connectivity index (χ3v) is 1.90.